The number of hydrogen-bond donors (Lipinski definition) is 3. The van der Waals surface area contributed by atoms with Crippen LogP contribution in [-0.2, 0) is 0 Å². The first kappa shape index (κ1) is 30.3. The number of alkyl halides is 1. The van der Waals surface area contributed by atoms with Crippen molar-refractivity contribution in [3.8, 4) is 16.9 Å². The monoisotopic (exact) mass is 771 g/mol. The van der Waals surface area contributed by atoms with Gasteiger partial charge < -0.3 is 20.5 Å². The normalized spacial score (nSPS) is 15.4. The van der Waals surface area contributed by atoms with E-state index < -0.39 is 5.91 Å². The van der Waals surface area contributed by atoms with Crippen LogP contribution >= 0.6 is 45.2 Å². The van der Waals surface area contributed by atoms with E-state index in [4.69, 9.17) is 0 Å². The summed E-state index contributed by atoms with van der Waals surface area (Å²) in [7, 11) is 0. The number of carbonyl (C=O) groups excluding carboxylic acids is 1. The molecular formula is C26H31I2N9O3. The molecule has 12 nitrogen and oxygen atoms in total. The average Bonchev–Trinajstić information content (AvgIpc) is 3.43. The summed E-state index contributed by atoms with van der Waals surface area (Å²) in [6, 6.07) is 3.71. The highest BCUT2D eigenvalue weighted by Gasteiger charge is 2.20. The third-order valence-corrected chi connectivity index (χ3v) is 9.69. The average molecular weight is 771 g/mol. The van der Waals surface area contributed by atoms with Crippen LogP contribution in [0.5, 0.6) is 0 Å². The summed E-state index contributed by atoms with van der Waals surface area (Å²) in [6.45, 7) is 10.2. The number of hydrogen-bond acceptors (Lipinski definition) is 10. The Morgan fingerprint density at radius 3 is 2.62 bits per heavy atom. The zero-order valence-electron chi connectivity index (χ0n) is 22.4. The molecule has 1 aliphatic rings. The van der Waals surface area contributed by atoms with Crippen LogP contribution in [0.3, 0.4) is 0 Å². The van der Waals surface area contributed by atoms with Crippen molar-refractivity contribution in [2.24, 2.45) is 5.16 Å². The Morgan fingerprint density at radius 1 is 1.20 bits per heavy atom. The van der Waals surface area contributed by atoms with Crippen LogP contribution in [0.2, 0.25) is 0 Å². The Hall–Kier alpha value is -2.70. The summed E-state index contributed by atoms with van der Waals surface area (Å²) in [5, 5.41) is 33.1. The molecule has 3 aromatic rings. The van der Waals surface area contributed by atoms with E-state index in [2.05, 4.69) is 85.7 Å². The van der Waals surface area contributed by atoms with Gasteiger partial charge in [0.15, 0.2) is 5.84 Å². The van der Waals surface area contributed by atoms with E-state index in [9.17, 15) is 15.1 Å². The molecule has 1 aliphatic heterocycles. The Kier molecular flexibility index (Phi) is 10.1. The van der Waals surface area contributed by atoms with Crippen molar-refractivity contribution in [1.29, 1.82) is 0 Å². The summed E-state index contributed by atoms with van der Waals surface area (Å²) >= 11 is 4.42. The maximum atomic E-state index is 13.0. The molecule has 3 aromatic heterocycles. The number of rotatable bonds is 8. The van der Waals surface area contributed by atoms with Gasteiger partial charge in [0, 0.05) is 57.7 Å². The predicted octanol–water partition coefficient (Wildman–Crippen LogP) is 3.20. The van der Waals surface area contributed by atoms with Gasteiger partial charge in [-0.2, -0.15) is 0 Å². The maximum Gasteiger partial charge on any atom is 0.258 e. The van der Waals surface area contributed by atoms with Crippen LogP contribution in [0.15, 0.2) is 51.7 Å². The van der Waals surface area contributed by atoms with Crippen molar-refractivity contribution >= 4 is 62.6 Å². The number of aliphatic hydroxyl groups is 1. The Morgan fingerprint density at radius 2 is 1.95 bits per heavy atom. The zero-order chi connectivity index (χ0) is 28.9. The van der Waals surface area contributed by atoms with Gasteiger partial charge in [-0.05, 0) is 61.6 Å². The smallest absolute Gasteiger partial charge is 0.258 e. The lowest BCUT2D eigenvalue weighted by atomic mass is 10.2. The highest BCUT2D eigenvalue weighted by molar-refractivity contribution is 14.1. The van der Waals surface area contributed by atoms with Gasteiger partial charge in [-0.1, -0.05) is 33.0 Å². The standard InChI is InChI=1S/C26H31I2N9O3/c1-17-22(11-19(14-30-17)25(39)31-24(33-40)12-23(27)26(2,3)28)37-16-21(32-34-37)18-10-20(15-29-13-18)36-6-4-35(5-7-36)8-9-38/h10-16,38,40H,4-9H2,1-3H3,(H,31,33,39)/b23-12-. The number of piperazine rings is 1. The number of amides is 1. The van der Waals surface area contributed by atoms with Gasteiger partial charge in [-0.15, -0.1) is 5.10 Å². The number of nitrogens with zero attached hydrogens (tertiary/aromatic N) is 8. The lowest BCUT2D eigenvalue weighted by Gasteiger charge is -2.35. The SMILES string of the molecule is Cc1ncc(C(=O)NC(/C=C(\I)C(C)(C)I)=N/O)cc1-n1cc(-c2cncc(N3CCN(CCO)CC3)c2)nn1. The second-order valence-electron chi connectivity index (χ2n) is 9.77. The molecule has 0 spiro atoms. The molecular weight excluding hydrogens is 740 g/mol. The van der Waals surface area contributed by atoms with Crippen molar-refractivity contribution in [2.75, 3.05) is 44.2 Å². The van der Waals surface area contributed by atoms with Gasteiger partial charge in [-0.25, -0.2) is 4.68 Å². The molecule has 40 heavy (non-hydrogen) atoms. The maximum absolute atomic E-state index is 13.0. The van der Waals surface area contributed by atoms with Crippen molar-refractivity contribution < 1.29 is 15.1 Å². The fraction of sp³-hybridized carbons (Fsp3) is 0.385. The van der Waals surface area contributed by atoms with Crippen LogP contribution in [0, 0.1) is 6.92 Å². The Balaban J connectivity index is 1.51. The minimum absolute atomic E-state index is 0.0338. The van der Waals surface area contributed by atoms with Gasteiger partial charge in [0.1, 0.15) is 5.69 Å². The summed E-state index contributed by atoms with van der Waals surface area (Å²) in [5.74, 6) is -0.434. The Labute approximate surface area is 259 Å². The first-order valence-electron chi connectivity index (χ1n) is 12.6. The lowest BCUT2D eigenvalue weighted by molar-refractivity contribution is 0.0975. The third-order valence-electron chi connectivity index (χ3n) is 6.42. The van der Waals surface area contributed by atoms with Crippen molar-refractivity contribution in [1.82, 2.24) is 35.2 Å². The second kappa shape index (κ2) is 13.3. The summed E-state index contributed by atoms with van der Waals surface area (Å²) in [4.78, 5) is 26.3. The van der Waals surface area contributed by atoms with Crippen LogP contribution in [0.4, 0.5) is 5.69 Å². The van der Waals surface area contributed by atoms with Gasteiger partial charge in [0.25, 0.3) is 5.91 Å². The minimum atomic E-state index is -0.468. The van der Waals surface area contributed by atoms with Crippen LogP contribution in [0.25, 0.3) is 16.9 Å². The summed E-state index contributed by atoms with van der Waals surface area (Å²) in [5.41, 5.74) is 4.00. The van der Waals surface area contributed by atoms with Crippen LogP contribution in [0.1, 0.15) is 29.9 Å². The van der Waals surface area contributed by atoms with E-state index in [1.807, 2.05) is 33.0 Å². The fourth-order valence-corrected chi connectivity index (χ4v) is 4.52. The molecule has 4 rings (SSSR count). The predicted molar refractivity (Wildman–Crippen MR) is 170 cm³/mol. The van der Waals surface area contributed by atoms with E-state index in [1.54, 1.807) is 29.2 Å². The second-order valence-corrected chi connectivity index (χ2v) is 13.6. The van der Waals surface area contributed by atoms with Crippen LogP contribution < -0.4 is 10.2 Å². The number of β-amino-alcohol motifs (C(OH)–C–C–N with tert-alkyl or cyclic N) is 1. The first-order valence-corrected chi connectivity index (χ1v) is 14.8. The van der Waals surface area contributed by atoms with Crippen LogP contribution in [-0.4, -0.2) is 94.7 Å². The number of allylic oxidation sites excluding steroid dienone is 1. The molecule has 3 N–H and O–H groups in total. The topological polar surface area (TPSA) is 145 Å². The summed E-state index contributed by atoms with van der Waals surface area (Å²) < 4.78 is 2.29. The van der Waals surface area contributed by atoms with Crippen molar-refractivity contribution in [3.05, 3.63) is 57.8 Å². The quantitative estimate of drug-likeness (QED) is 0.0786. The van der Waals surface area contributed by atoms with Gasteiger partial charge in [0.05, 0.1) is 41.6 Å². The fourth-order valence-electron chi connectivity index (χ4n) is 4.07. The first-order chi connectivity index (χ1) is 19.1. The molecule has 0 bridgehead atoms. The van der Waals surface area contributed by atoms with E-state index >= 15 is 0 Å². The van der Waals surface area contributed by atoms with Crippen molar-refractivity contribution in [2.45, 2.75) is 24.2 Å². The number of pyridine rings is 2. The number of aryl methyl sites for hydroxylation is 1. The minimum Gasteiger partial charge on any atom is -0.409 e. The van der Waals surface area contributed by atoms with Gasteiger partial charge >= 0.3 is 0 Å². The molecule has 0 unspecified atom stereocenters. The molecule has 1 fully saturated rings. The largest absolute Gasteiger partial charge is 0.409 e. The highest BCUT2D eigenvalue weighted by Crippen LogP contribution is 2.31. The zero-order valence-corrected chi connectivity index (χ0v) is 26.7. The van der Waals surface area contributed by atoms with Gasteiger partial charge in [0.2, 0.25) is 0 Å². The van der Waals surface area contributed by atoms with E-state index in [0.717, 1.165) is 41.0 Å². The number of aromatic nitrogens is 5. The van der Waals surface area contributed by atoms with Gasteiger partial charge in [-0.3, -0.25) is 19.7 Å². The van der Waals surface area contributed by atoms with Crippen molar-refractivity contribution in [3.63, 3.8) is 0 Å². The molecule has 4 heterocycles. The molecule has 14 heteroatoms. The molecule has 1 saturated heterocycles. The lowest BCUT2D eigenvalue weighted by Crippen LogP contribution is -2.47. The molecule has 0 saturated carbocycles. The molecule has 0 atom stereocenters. The number of halogens is 2. The number of anilines is 1. The number of nitrogens with one attached hydrogen (secondary N) is 1. The molecule has 0 aromatic carbocycles. The number of carbonyl (C=O) groups is 1. The van der Waals surface area contributed by atoms with E-state index in [1.165, 1.54) is 6.20 Å². The Bertz CT molecular complexity index is 1410. The molecule has 0 aliphatic carbocycles. The van der Waals surface area contributed by atoms with E-state index in [0.29, 0.717) is 23.6 Å². The molecule has 1 amide bonds. The molecule has 212 valence electrons. The van der Waals surface area contributed by atoms with E-state index in [-0.39, 0.29) is 21.4 Å². The number of amidine groups is 1. The molecule has 0 radical (unpaired) electrons. The highest BCUT2D eigenvalue weighted by atomic mass is 127. The number of aliphatic hydroxyl groups excluding tert-OH is 1. The summed E-state index contributed by atoms with van der Waals surface area (Å²) in [6.07, 6.45) is 8.45. The number of oxime groups is 1. The third kappa shape index (κ3) is 7.52.